The fourth-order valence-corrected chi connectivity index (χ4v) is 4.15. The molecule has 1 unspecified atom stereocenters. The Kier molecular flexibility index (Phi) is 5.77. The summed E-state index contributed by atoms with van der Waals surface area (Å²) >= 11 is 7.79. The average molecular weight is 401 g/mol. The maximum absolute atomic E-state index is 12.3. The summed E-state index contributed by atoms with van der Waals surface area (Å²) in [5.74, 6) is -0.184. The number of nitrogens with zero attached hydrogens (tertiary/aromatic N) is 3. The van der Waals surface area contributed by atoms with Crippen molar-refractivity contribution in [3.05, 3.63) is 63.4 Å². The molecular weight excluding hydrogens is 380 g/mol. The molecule has 0 saturated heterocycles. The molecule has 1 atom stereocenters. The molecule has 0 saturated carbocycles. The summed E-state index contributed by atoms with van der Waals surface area (Å²) in [5.41, 5.74) is 3.55. The van der Waals surface area contributed by atoms with Crippen LogP contribution < -0.4 is 5.32 Å². The first kappa shape index (κ1) is 19.3. The number of thiazole rings is 1. The Labute approximate surface area is 167 Å². The van der Waals surface area contributed by atoms with Crippen LogP contribution in [0.2, 0.25) is 5.15 Å². The maximum atomic E-state index is 12.3. The van der Waals surface area contributed by atoms with Crippen LogP contribution in [0.5, 0.6) is 0 Å². The van der Waals surface area contributed by atoms with Gasteiger partial charge in [-0.3, -0.25) is 9.48 Å². The van der Waals surface area contributed by atoms with Crippen LogP contribution in [0.1, 0.15) is 34.8 Å². The van der Waals surface area contributed by atoms with Gasteiger partial charge in [0.15, 0.2) is 0 Å². The highest BCUT2D eigenvalue weighted by Gasteiger charge is 2.16. The van der Waals surface area contributed by atoms with Crippen molar-refractivity contribution in [1.29, 1.82) is 0 Å². The Morgan fingerprint density at radius 1 is 1.26 bits per heavy atom. The van der Waals surface area contributed by atoms with E-state index >= 15 is 0 Å². The van der Waals surface area contributed by atoms with Crippen LogP contribution in [-0.2, 0) is 11.8 Å². The van der Waals surface area contributed by atoms with Crippen molar-refractivity contribution in [3.8, 4) is 10.6 Å². The molecule has 1 amide bonds. The number of aromatic nitrogens is 3. The van der Waals surface area contributed by atoms with Gasteiger partial charge in [0.1, 0.15) is 10.2 Å². The summed E-state index contributed by atoms with van der Waals surface area (Å²) < 4.78 is 1.59. The van der Waals surface area contributed by atoms with Crippen molar-refractivity contribution in [2.75, 3.05) is 0 Å². The minimum Gasteiger partial charge on any atom is -0.345 e. The topological polar surface area (TPSA) is 59.8 Å². The largest absolute Gasteiger partial charge is 0.345 e. The van der Waals surface area contributed by atoms with E-state index < -0.39 is 0 Å². The van der Waals surface area contributed by atoms with Gasteiger partial charge in [-0.15, -0.1) is 11.3 Å². The zero-order chi connectivity index (χ0) is 19.6. The molecule has 7 heteroatoms. The highest BCUT2D eigenvalue weighted by atomic mass is 35.5. The molecule has 2 aromatic heterocycles. The van der Waals surface area contributed by atoms with Gasteiger partial charge in [-0.1, -0.05) is 41.9 Å². The van der Waals surface area contributed by atoms with Gasteiger partial charge in [0.05, 0.1) is 22.3 Å². The van der Waals surface area contributed by atoms with E-state index in [1.807, 2.05) is 51.1 Å². The van der Waals surface area contributed by atoms with Gasteiger partial charge in [-0.25, -0.2) is 4.98 Å². The maximum Gasteiger partial charge on any atom is 0.244 e. The summed E-state index contributed by atoms with van der Waals surface area (Å²) in [6.45, 7) is 5.79. The van der Waals surface area contributed by atoms with Crippen molar-refractivity contribution in [2.45, 2.75) is 26.8 Å². The van der Waals surface area contributed by atoms with E-state index in [2.05, 4.69) is 15.4 Å². The number of carbonyl (C=O) groups excluding carboxylic acids is 1. The molecular formula is C20H21ClN4OS. The van der Waals surface area contributed by atoms with Crippen LogP contribution in [0.15, 0.2) is 36.4 Å². The van der Waals surface area contributed by atoms with Crippen LogP contribution >= 0.6 is 22.9 Å². The first-order valence-electron chi connectivity index (χ1n) is 8.57. The number of rotatable bonds is 5. The van der Waals surface area contributed by atoms with Crippen LogP contribution in [0, 0.1) is 13.8 Å². The number of hydrogen-bond donors (Lipinski definition) is 1. The van der Waals surface area contributed by atoms with E-state index in [1.54, 1.807) is 29.1 Å². The van der Waals surface area contributed by atoms with Crippen LogP contribution in [0.3, 0.4) is 0 Å². The lowest BCUT2D eigenvalue weighted by atomic mass is 10.2. The molecule has 0 bridgehead atoms. The molecule has 3 rings (SSSR count). The standard InChI is InChI=1S/C20H21ClN4OS/c1-12-16(19(21)25(4)24-12)10-11-17(26)22-13(2)18-14(3)23-20(27-18)15-8-6-5-7-9-15/h5-11,13H,1-4H3,(H,22,26). The van der Waals surface area contributed by atoms with Gasteiger partial charge in [0.2, 0.25) is 5.91 Å². The normalized spacial score (nSPS) is 12.5. The lowest BCUT2D eigenvalue weighted by Crippen LogP contribution is -2.24. The van der Waals surface area contributed by atoms with Crippen LogP contribution in [-0.4, -0.2) is 20.7 Å². The molecule has 5 nitrogen and oxygen atoms in total. The molecule has 27 heavy (non-hydrogen) atoms. The Hall–Kier alpha value is -2.44. The molecule has 140 valence electrons. The lowest BCUT2D eigenvalue weighted by molar-refractivity contribution is -0.117. The Bertz CT molecular complexity index is 991. The van der Waals surface area contributed by atoms with Gasteiger partial charge in [0, 0.05) is 24.3 Å². The second kappa shape index (κ2) is 8.06. The summed E-state index contributed by atoms with van der Waals surface area (Å²) in [4.78, 5) is 18.0. The van der Waals surface area contributed by atoms with Crippen molar-refractivity contribution in [2.24, 2.45) is 7.05 Å². The van der Waals surface area contributed by atoms with E-state index in [-0.39, 0.29) is 11.9 Å². The lowest BCUT2D eigenvalue weighted by Gasteiger charge is -2.11. The molecule has 1 aromatic carbocycles. The third-order valence-corrected chi connectivity index (χ3v) is 6.04. The van der Waals surface area contributed by atoms with Gasteiger partial charge >= 0.3 is 0 Å². The molecule has 2 heterocycles. The molecule has 0 radical (unpaired) electrons. The van der Waals surface area contributed by atoms with Crippen molar-refractivity contribution >= 4 is 34.9 Å². The SMILES string of the molecule is Cc1nc(-c2ccccc2)sc1C(C)NC(=O)C=Cc1c(C)nn(C)c1Cl. The molecule has 0 aliphatic rings. The number of nitrogens with one attached hydrogen (secondary N) is 1. The summed E-state index contributed by atoms with van der Waals surface area (Å²) in [6.07, 6.45) is 3.18. The average Bonchev–Trinajstić information content (AvgIpc) is 3.14. The van der Waals surface area contributed by atoms with Crippen LogP contribution in [0.25, 0.3) is 16.6 Å². The van der Waals surface area contributed by atoms with Gasteiger partial charge in [0.25, 0.3) is 0 Å². The summed E-state index contributed by atoms with van der Waals surface area (Å²) in [6, 6.07) is 9.90. The smallest absolute Gasteiger partial charge is 0.244 e. The quantitative estimate of drug-likeness (QED) is 0.631. The Morgan fingerprint density at radius 3 is 2.59 bits per heavy atom. The van der Waals surface area contributed by atoms with Gasteiger partial charge in [-0.05, 0) is 26.8 Å². The third-order valence-electron chi connectivity index (χ3n) is 4.20. The molecule has 0 aliphatic heterocycles. The fraction of sp³-hybridized carbons (Fsp3) is 0.250. The van der Waals surface area contributed by atoms with Crippen molar-refractivity contribution < 1.29 is 4.79 Å². The number of amides is 1. The zero-order valence-corrected chi connectivity index (χ0v) is 17.2. The molecule has 0 aliphatic carbocycles. The van der Waals surface area contributed by atoms with E-state index in [1.165, 1.54) is 6.08 Å². The van der Waals surface area contributed by atoms with E-state index in [0.717, 1.165) is 32.4 Å². The molecule has 1 N–H and O–H groups in total. The monoisotopic (exact) mass is 400 g/mol. The minimum absolute atomic E-state index is 0.137. The first-order chi connectivity index (χ1) is 12.9. The Morgan fingerprint density at radius 2 is 1.96 bits per heavy atom. The van der Waals surface area contributed by atoms with E-state index in [9.17, 15) is 4.79 Å². The molecule has 3 aromatic rings. The number of carbonyl (C=O) groups is 1. The number of halogens is 1. The molecule has 0 fully saturated rings. The zero-order valence-electron chi connectivity index (χ0n) is 15.7. The van der Waals surface area contributed by atoms with Crippen LogP contribution in [0.4, 0.5) is 0 Å². The van der Waals surface area contributed by atoms with Crippen molar-refractivity contribution in [3.63, 3.8) is 0 Å². The predicted molar refractivity (Wildman–Crippen MR) is 111 cm³/mol. The highest BCUT2D eigenvalue weighted by molar-refractivity contribution is 7.15. The van der Waals surface area contributed by atoms with Gasteiger partial charge in [-0.2, -0.15) is 5.10 Å². The number of benzene rings is 1. The van der Waals surface area contributed by atoms with E-state index in [0.29, 0.717) is 5.15 Å². The number of hydrogen-bond acceptors (Lipinski definition) is 4. The summed E-state index contributed by atoms with van der Waals surface area (Å²) in [5, 5.41) is 8.69. The second-order valence-corrected chi connectivity index (χ2v) is 7.70. The highest BCUT2D eigenvalue weighted by Crippen LogP contribution is 2.31. The minimum atomic E-state index is -0.184. The number of aryl methyl sites for hydroxylation is 3. The Balaban J connectivity index is 1.72. The third kappa shape index (κ3) is 4.28. The summed E-state index contributed by atoms with van der Waals surface area (Å²) in [7, 11) is 1.77. The van der Waals surface area contributed by atoms with Gasteiger partial charge < -0.3 is 5.32 Å². The predicted octanol–water partition coefficient (Wildman–Crippen LogP) is 4.70. The second-order valence-electron chi connectivity index (χ2n) is 6.31. The first-order valence-corrected chi connectivity index (χ1v) is 9.76. The molecule has 0 spiro atoms. The van der Waals surface area contributed by atoms with E-state index in [4.69, 9.17) is 11.6 Å². The fourth-order valence-electron chi connectivity index (χ4n) is 2.84. The van der Waals surface area contributed by atoms with Crippen molar-refractivity contribution in [1.82, 2.24) is 20.1 Å².